The molecule has 8 heteroatoms. The predicted octanol–water partition coefficient (Wildman–Crippen LogP) is -0.154. The van der Waals surface area contributed by atoms with Gasteiger partial charge in [-0.05, 0) is 13.8 Å². The number of nitrogens with two attached hydrogens (primary N) is 1. The fourth-order valence-electron chi connectivity index (χ4n) is 1.83. The Labute approximate surface area is 104 Å². The highest BCUT2D eigenvalue weighted by molar-refractivity contribution is 5.87. The van der Waals surface area contributed by atoms with Crippen molar-refractivity contribution < 1.29 is 5.11 Å². The third-order valence-electron chi connectivity index (χ3n) is 2.40. The van der Waals surface area contributed by atoms with Crippen LogP contribution in [0, 0.1) is 0 Å². The molecule has 0 saturated carbocycles. The van der Waals surface area contributed by atoms with Crippen molar-refractivity contribution in [2.45, 2.75) is 19.4 Å². The van der Waals surface area contributed by atoms with Gasteiger partial charge in [0.1, 0.15) is 5.82 Å². The fourth-order valence-corrected chi connectivity index (χ4v) is 1.83. The molecule has 0 bridgehead atoms. The van der Waals surface area contributed by atoms with Gasteiger partial charge in [-0.1, -0.05) is 0 Å². The summed E-state index contributed by atoms with van der Waals surface area (Å²) < 4.78 is 0. The van der Waals surface area contributed by atoms with Crippen molar-refractivity contribution in [1.29, 1.82) is 0 Å². The van der Waals surface area contributed by atoms with Crippen molar-refractivity contribution in [2.75, 3.05) is 23.9 Å². The van der Waals surface area contributed by atoms with Gasteiger partial charge in [-0.25, -0.2) is 5.84 Å². The maximum absolute atomic E-state index is 9.85. The van der Waals surface area contributed by atoms with Gasteiger partial charge < -0.3 is 10.0 Å². The van der Waals surface area contributed by atoms with Gasteiger partial charge in [0.05, 0.1) is 17.2 Å². The van der Waals surface area contributed by atoms with Gasteiger partial charge in [-0.15, -0.1) is 0 Å². The molecule has 18 heavy (non-hydrogen) atoms. The van der Waals surface area contributed by atoms with E-state index in [4.69, 9.17) is 5.84 Å². The van der Waals surface area contributed by atoms with E-state index in [1.165, 1.54) is 0 Å². The molecule has 0 aliphatic carbocycles. The Kier molecular flexibility index (Phi) is 3.05. The van der Waals surface area contributed by atoms with Gasteiger partial charge in [0.2, 0.25) is 5.95 Å². The Bertz CT molecular complexity index is 545. The van der Waals surface area contributed by atoms with Crippen LogP contribution >= 0.6 is 0 Å². The molecule has 2 aromatic heterocycles. The van der Waals surface area contributed by atoms with Crippen LogP contribution in [0.5, 0.6) is 0 Å². The molecule has 0 spiro atoms. The summed E-state index contributed by atoms with van der Waals surface area (Å²) in [6.45, 7) is 3.90. The number of nitrogens with zero attached hydrogens (tertiary/aromatic N) is 4. The van der Waals surface area contributed by atoms with Crippen molar-refractivity contribution in [3.63, 3.8) is 0 Å². The molecule has 98 valence electrons. The average molecular weight is 251 g/mol. The van der Waals surface area contributed by atoms with E-state index < -0.39 is 5.60 Å². The van der Waals surface area contributed by atoms with Crippen LogP contribution in [0.25, 0.3) is 11.0 Å². The first kappa shape index (κ1) is 12.5. The topological polar surface area (TPSA) is 116 Å². The second kappa shape index (κ2) is 4.39. The summed E-state index contributed by atoms with van der Waals surface area (Å²) in [5, 5.41) is 17.3. The van der Waals surface area contributed by atoms with Gasteiger partial charge >= 0.3 is 0 Å². The van der Waals surface area contributed by atoms with Crippen LogP contribution < -0.4 is 16.2 Å². The molecule has 5 N–H and O–H groups in total. The SMILES string of the molecule is CN(CC(C)(C)O)c1nc(NN)nc2[nH]ncc12. The molecule has 0 aliphatic heterocycles. The summed E-state index contributed by atoms with van der Waals surface area (Å²) in [5.74, 6) is 6.28. The molecular formula is C10H17N7O. The zero-order valence-electron chi connectivity index (χ0n) is 10.6. The Morgan fingerprint density at radius 3 is 2.83 bits per heavy atom. The molecule has 0 aromatic carbocycles. The van der Waals surface area contributed by atoms with E-state index in [9.17, 15) is 5.11 Å². The number of H-pyrrole nitrogens is 1. The first-order chi connectivity index (χ1) is 8.40. The Balaban J connectivity index is 2.45. The van der Waals surface area contributed by atoms with E-state index in [1.54, 1.807) is 20.0 Å². The molecule has 0 unspecified atom stereocenters. The molecule has 0 amide bonds. The average Bonchev–Trinajstić information content (AvgIpc) is 2.72. The van der Waals surface area contributed by atoms with Gasteiger partial charge in [0.15, 0.2) is 5.65 Å². The monoisotopic (exact) mass is 251 g/mol. The molecule has 2 rings (SSSR count). The summed E-state index contributed by atoms with van der Waals surface area (Å²) in [6, 6.07) is 0. The number of aromatic nitrogens is 4. The number of likely N-dealkylation sites (N-methyl/N-ethyl adjacent to an activating group) is 1. The largest absolute Gasteiger partial charge is 0.389 e. The maximum Gasteiger partial charge on any atom is 0.241 e. The lowest BCUT2D eigenvalue weighted by atomic mass is 10.1. The normalized spacial score (nSPS) is 11.8. The minimum atomic E-state index is -0.827. The van der Waals surface area contributed by atoms with Crippen LogP contribution in [0.15, 0.2) is 6.20 Å². The number of hydrazine groups is 1. The van der Waals surface area contributed by atoms with Crippen LogP contribution in [0.1, 0.15) is 13.8 Å². The summed E-state index contributed by atoms with van der Waals surface area (Å²) in [6.07, 6.45) is 1.64. The molecule has 2 heterocycles. The summed E-state index contributed by atoms with van der Waals surface area (Å²) in [7, 11) is 1.84. The maximum atomic E-state index is 9.85. The molecule has 0 fully saturated rings. The van der Waals surface area contributed by atoms with Crippen LogP contribution in [-0.4, -0.2) is 44.5 Å². The molecule has 0 saturated heterocycles. The van der Waals surface area contributed by atoms with Crippen LogP contribution in [-0.2, 0) is 0 Å². The first-order valence-electron chi connectivity index (χ1n) is 5.52. The molecule has 0 atom stereocenters. The number of anilines is 2. The van der Waals surface area contributed by atoms with E-state index >= 15 is 0 Å². The number of rotatable bonds is 4. The fraction of sp³-hybridized carbons (Fsp3) is 0.500. The summed E-state index contributed by atoms with van der Waals surface area (Å²) >= 11 is 0. The lowest BCUT2D eigenvalue weighted by Gasteiger charge is -2.26. The van der Waals surface area contributed by atoms with E-state index in [2.05, 4.69) is 25.6 Å². The number of aliphatic hydroxyl groups is 1. The third-order valence-corrected chi connectivity index (χ3v) is 2.40. The highest BCUT2D eigenvalue weighted by Gasteiger charge is 2.19. The quantitative estimate of drug-likeness (QED) is 0.441. The van der Waals surface area contributed by atoms with Crippen LogP contribution in [0.3, 0.4) is 0 Å². The number of aromatic amines is 1. The Morgan fingerprint density at radius 1 is 1.50 bits per heavy atom. The van der Waals surface area contributed by atoms with Gasteiger partial charge in [-0.2, -0.15) is 15.1 Å². The highest BCUT2D eigenvalue weighted by atomic mass is 16.3. The number of fused-ring (bicyclic) bond motifs is 1. The highest BCUT2D eigenvalue weighted by Crippen LogP contribution is 2.23. The first-order valence-corrected chi connectivity index (χ1v) is 5.52. The summed E-state index contributed by atoms with van der Waals surface area (Å²) in [4.78, 5) is 10.3. The predicted molar refractivity (Wildman–Crippen MR) is 69.1 cm³/mol. The van der Waals surface area contributed by atoms with E-state index in [-0.39, 0.29) is 0 Å². The van der Waals surface area contributed by atoms with Gasteiger partial charge in [-0.3, -0.25) is 10.5 Å². The second-order valence-electron chi connectivity index (χ2n) is 4.82. The minimum absolute atomic E-state index is 0.296. The zero-order chi connectivity index (χ0) is 13.3. The molecule has 0 radical (unpaired) electrons. The van der Waals surface area contributed by atoms with E-state index in [0.717, 1.165) is 5.39 Å². The number of hydrogen-bond donors (Lipinski definition) is 4. The molecule has 8 nitrogen and oxygen atoms in total. The van der Waals surface area contributed by atoms with Crippen molar-refractivity contribution in [3.05, 3.63) is 6.20 Å². The smallest absolute Gasteiger partial charge is 0.241 e. The van der Waals surface area contributed by atoms with Gasteiger partial charge in [0.25, 0.3) is 0 Å². The molecular weight excluding hydrogens is 234 g/mol. The zero-order valence-corrected chi connectivity index (χ0v) is 10.6. The second-order valence-corrected chi connectivity index (χ2v) is 4.82. The summed E-state index contributed by atoms with van der Waals surface area (Å²) in [5.41, 5.74) is 2.17. The van der Waals surface area contributed by atoms with E-state index in [0.29, 0.717) is 24.0 Å². The van der Waals surface area contributed by atoms with Crippen LogP contribution in [0.4, 0.5) is 11.8 Å². The minimum Gasteiger partial charge on any atom is -0.389 e. The Morgan fingerprint density at radius 2 is 2.22 bits per heavy atom. The number of nitrogen functional groups attached to an aromatic ring is 1. The van der Waals surface area contributed by atoms with Gasteiger partial charge in [0, 0.05) is 13.6 Å². The van der Waals surface area contributed by atoms with Crippen molar-refractivity contribution in [3.8, 4) is 0 Å². The molecule has 2 aromatic rings. The standard InChI is InChI=1S/C10H17N7O/c1-10(2,18)5-17(3)8-6-4-12-16-7(6)13-9(14-8)15-11/h4,18H,5,11H2,1-3H3,(H2,12,13,14,15,16). The van der Waals surface area contributed by atoms with Crippen molar-refractivity contribution >= 4 is 22.8 Å². The lowest BCUT2D eigenvalue weighted by Crippen LogP contribution is -2.36. The Hall–Kier alpha value is -1.93. The number of nitrogens with one attached hydrogen (secondary N) is 2. The number of hydrogen-bond acceptors (Lipinski definition) is 7. The third kappa shape index (κ3) is 2.49. The van der Waals surface area contributed by atoms with E-state index in [1.807, 2.05) is 11.9 Å². The molecule has 0 aliphatic rings. The van der Waals surface area contributed by atoms with Crippen molar-refractivity contribution in [1.82, 2.24) is 20.2 Å². The van der Waals surface area contributed by atoms with Crippen LogP contribution in [0.2, 0.25) is 0 Å². The lowest BCUT2D eigenvalue weighted by molar-refractivity contribution is 0.0885. The van der Waals surface area contributed by atoms with Crippen molar-refractivity contribution in [2.24, 2.45) is 5.84 Å².